The zero-order valence-electron chi connectivity index (χ0n) is 15.6. The van der Waals surface area contributed by atoms with Gasteiger partial charge < -0.3 is 14.6 Å². The zero-order valence-corrected chi connectivity index (χ0v) is 15.6. The summed E-state index contributed by atoms with van der Waals surface area (Å²) in [6.45, 7) is 0. The van der Waals surface area contributed by atoms with E-state index in [1.165, 1.54) is 37.9 Å². The summed E-state index contributed by atoms with van der Waals surface area (Å²) in [7, 11) is 4.39. The van der Waals surface area contributed by atoms with Crippen LogP contribution in [0, 0.1) is 0 Å². The smallest absolute Gasteiger partial charge is 0.333 e. The van der Waals surface area contributed by atoms with Gasteiger partial charge >= 0.3 is 5.69 Å². The van der Waals surface area contributed by atoms with Gasteiger partial charge in [-0.05, 0) is 35.9 Å². The Kier molecular flexibility index (Phi) is 5.30. The maximum Gasteiger partial charge on any atom is 0.333 e. The van der Waals surface area contributed by atoms with Crippen LogP contribution in [-0.4, -0.2) is 27.6 Å². The quantitative estimate of drug-likeness (QED) is 0.685. The van der Waals surface area contributed by atoms with Crippen molar-refractivity contribution in [2.45, 2.75) is 0 Å². The maximum atomic E-state index is 12.1. The summed E-state index contributed by atoms with van der Waals surface area (Å²) in [4.78, 5) is 28.4. The predicted octanol–water partition coefficient (Wildman–Crippen LogP) is 2.34. The van der Waals surface area contributed by atoms with Crippen molar-refractivity contribution in [3.63, 3.8) is 0 Å². The fraction of sp³-hybridized carbons (Fsp3) is 0.150. The molecule has 2 aromatic carbocycles. The van der Waals surface area contributed by atoms with E-state index < -0.39 is 11.2 Å². The van der Waals surface area contributed by atoms with Gasteiger partial charge in [0.15, 0.2) is 17.2 Å². The van der Waals surface area contributed by atoms with Gasteiger partial charge in [-0.1, -0.05) is 12.1 Å². The highest BCUT2D eigenvalue weighted by Gasteiger charge is 2.10. The van der Waals surface area contributed by atoms with Gasteiger partial charge in [0.1, 0.15) is 5.69 Å². The monoisotopic (exact) mass is 381 g/mol. The topological polar surface area (TPSA) is 95.0 Å². The third-order valence-corrected chi connectivity index (χ3v) is 4.12. The van der Waals surface area contributed by atoms with E-state index in [-0.39, 0.29) is 11.6 Å². The first kappa shape index (κ1) is 19.0. The number of rotatable bonds is 5. The molecular formula is C20H19N3O5. The number of aliphatic imine (C=N–C) groups is 1. The van der Waals surface area contributed by atoms with Crippen LogP contribution >= 0.6 is 0 Å². The van der Waals surface area contributed by atoms with Crippen molar-refractivity contribution < 1.29 is 14.6 Å². The van der Waals surface area contributed by atoms with Crippen LogP contribution in [0.5, 0.6) is 23.1 Å². The lowest BCUT2D eigenvalue weighted by Gasteiger charge is -2.12. The maximum absolute atomic E-state index is 12.1. The largest absolute Gasteiger partial charge is 0.504 e. The summed E-state index contributed by atoms with van der Waals surface area (Å²) in [6.07, 6.45) is 1.59. The van der Waals surface area contributed by atoms with Crippen molar-refractivity contribution in [1.29, 1.82) is 0 Å². The molecule has 0 aliphatic carbocycles. The van der Waals surface area contributed by atoms with Gasteiger partial charge in [0, 0.05) is 20.3 Å². The Bertz CT molecular complexity index is 1160. The second-order valence-electron chi connectivity index (χ2n) is 5.98. The van der Waals surface area contributed by atoms with E-state index >= 15 is 0 Å². The number of methoxy groups -OCH3 is 1. The number of para-hydroxylation sites is 2. The molecule has 8 nitrogen and oxygen atoms in total. The molecule has 0 atom stereocenters. The molecule has 0 bridgehead atoms. The van der Waals surface area contributed by atoms with Gasteiger partial charge in [0.05, 0.1) is 13.2 Å². The van der Waals surface area contributed by atoms with Crippen LogP contribution in [0.4, 0.5) is 5.69 Å². The van der Waals surface area contributed by atoms with Crippen LogP contribution in [0.1, 0.15) is 5.56 Å². The van der Waals surface area contributed by atoms with Gasteiger partial charge in [-0.15, -0.1) is 0 Å². The number of benzene rings is 2. The summed E-state index contributed by atoms with van der Waals surface area (Å²) in [5.41, 5.74) is 0.267. The molecule has 0 amide bonds. The molecule has 0 aliphatic rings. The van der Waals surface area contributed by atoms with E-state index in [1.54, 1.807) is 42.6 Å². The average molecular weight is 381 g/mol. The van der Waals surface area contributed by atoms with Crippen LogP contribution in [0.3, 0.4) is 0 Å². The number of ether oxygens (including phenoxy) is 2. The minimum absolute atomic E-state index is 0.0370. The first-order valence-electron chi connectivity index (χ1n) is 8.35. The normalized spacial score (nSPS) is 11.0. The zero-order chi connectivity index (χ0) is 20.3. The summed E-state index contributed by atoms with van der Waals surface area (Å²) in [5.74, 6) is 0.869. The Balaban J connectivity index is 1.95. The summed E-state index contributed by atoms with van der Waals surface area (Å²) in [6, 6.07) is 13.1. The second-order valence-corrected chi connectivity index (χ2v) is 5.98. The summed E-state index contributed by atoms with van der Waals surface area (Å²) >= 11 is 0. The van der Waals surface area contributed by atoms with Crippen molar-refractivity contribution in [3.8, 4) is 23.1 Å². The van der Waals surface area contributed by atoms with Crippen LogP contribution in [0.15, 0.2) is 63.1 Å². The Morgan fingerprint density at radius 2 is 1.75 bits per heavy atom. The van der Waals surface area contributed by atoms with E-state index in [0.717, 1.165) is 4.57 Å². The standard InChI is InChI=1S/C20H19N3O5/c1-22-18(25)11-19(23(2)20(22)26)28-16-7-5-4-6-14(16)21-12-13-8-9-15(24)17(10-13)27-3/h4-12,24H,1-3H3. The molecular weight excluding hydrogens is 362 g/mol. The molecule has 1 aromatic heterocycles. The molecule has 0 aliphatic heterocycles. The van der Waals surface area contributed by atoms with Crippen molar-refractivity contribution in [3.05, 3.63) is 74.9 Å². The van der Waals surface area contributed by atoms with E-state index in [9.17, 15) is 14.7 Å². The Morgan fingerprint density at radius 1 is 1.00 bits per heavy atom. The van der Waals surface area contributed by atoms with E-state index in [0.29, 0.717) is 22.7 Å². The number of hydrogen-bond acceptors (Lipinski definition) is 6. The lowest BCUT2D eigenvalue weighted by Crippen LogP contribution is -2.36. The Labute approximate surface area is 160 Å². The minimum Gasteiger partial charge on any atom is -0.504 e. The highest BCUT2D eigenvalue weighted by Crippen LogP contribution is 2.31. The van der Waals surface area contributed by atoms with Crippen molar-refractivity contribution in [2.75, 3.05) is 7.11 Å². The summed E-state index contributed by atoms with van der Waals surface area (Å²) < 4.78 is 13.1. The lowest BCUT2D eigenvalue weighted by atomic mass is 10.2. The van der Waals surface area contributed by atoms with Gasteiger partial charge in [-0.2, -0.15) is 0 Å². The number of aromatic hydroxyl groups is 1. The molecule has 3 aromatic rings. The number of nitrogens with zero attached hydrogens (tertiary/aromatic N) is 3. The molecule has 0 saturated heterocycles. The average Bonchev–Trinajstić information content (AvgIpc) is 2.70. The molecule has 0 spiro atoms. The van der Waals surface area contributed by atoms with Crippen LogP contribution in [-0.2, 0) is 14.1 Å². The molecule has 1 heterocycles. The number of aromatic nitrogens is 2. The minimum atomic E-state index is -0.486. The molecule has 3 rings (SSSR count). The third-order valence-electron chi connectivity index (χ3n) is 4.12. The Hall–Kier alpha value is -3.81. The van der Waals surface area contributed by atoms with Gasteiger partial charge in [-0.3, -0.25) is 18.9 Å². The Morgan fingerprint density at radius 3 is 2.50 bits per heavy atom. The molecule has 0 fully saturated rings. The molecule has 1 N–H and O–H groups in total. The fourth-order valence-electron chi connectivity index (χ4n) is 2.49. The number of phenols is 1. The molecule has 8 heteroatoms. The predicted molar refractivity (Wildman–Crippen MR) is 105 cm³/mol. The number of hydrogen-bond donors (Lipinski definition) is 1. The van der Waals surface area contributed by atoms with Crippen molar-refractivity contribution >= 4 is 11.9 Å². The van der Waals surface area contributed by atoms with E-state index in [4.69, 9.17) is 9.47 Å². The van der Waals surface area contributed by atoms with Gasteiger partial charge in [0.25, 0.3) is 5.56 Å². The second kappa shape index (κ2) is 7.83. The van der Waals surface area contributed by atoms with Crippen LogP contribution < -0.4 is 20.7 Å². The molecule has 0 unspecified atom stereocenters. The van der Waals surface area contributed by atoms with Crippen molar-refractivity contribution in [1.82, 2.24) is 9.13 Å². The molecule has 0 saturated carbocycles. The summed E-state index contributed by atoms with van der Waals surface area (Å²) in [5, 5.41) is 9.67. The van der Waals surface area contributed by atoms with Crippen LogP contribution in [0.2, 0.25) is 0 Å². The fourth-order valence-corrected chi connectivity index (χ4v) is 2.49. The van der Waals surface area contributed by atoms with E-state index in [2.05, 4.69) is 4.99 Å². The highest BCUT2D eigenvalue weighted by atomic mass is 16.5. The lowest BCUT2D eigenvalue weighted by molar-refractivity contribution is 0.373. The van der Waals surface area contributed by atoms with E-state index in [1.807, 2.05) is 0 Å². The molecule has 0 radical (unpaired) electrons. The van der Waals surface area contributed by atoms with Gasteiger partial charge in [-0.25, -0.2) is 4.79 Å². The third kappa shape index (κ3) is 3.80. The van der Waals surface area contributed by atoms with Gasteiger partial charge in [0.2, 0.25) is 5.88 Å². The SMILES string of the molecule is COc1cc(C=Nc2ccccc2Oc2cc(=O)n(C)c(=O)n2C)ccc1O. The molecule has 144 valence electrons. The van der Waals surface area contributed by atoms with Crippen molar-refractivity contribution in [2.24, 2.45) is 19.1 Å². The number of phenolic OH excluding ortho intramolecular Hbond substituents is 1. The highest BCUT2D eigenvalue weighted by molar-refractivity contribution is 5.83. The van der Waals surface area contributed by atoms with Crippen LogP contribution in [0.25, 0.3) is 0 Å². The first-order valence-corrected chi connectivity index (χ1v) is 8.35. The molecule has 28 heavy (non-hydrogen) atoms. The first-order chi connectivity index (χ1) is 13.4.